The highest BCUT2D eigenvalue weighted by molar-refractivity contribution is 5.39. The first kappa shape index (κ1) is 17.4. The molecule has 2 aliphatic rings. The lowest BCUT2D eigenvalue weighted by molar-refractivity contribution is 0.164. The van der Waals surface area contributed by atoms with Gasteiger partial charge in [0.05, 0.1) is 6.61 Å². The Morgan fingerprint density at radius 2 is 1.88 bits per heavy atom. The van der Waals surface area contributed by atoms with E-state index in [0.717, 1.165) is 63.7 Å². The Balaban J connectivity index is 1.64. The molecule has 0 aliphatic carbocycles. The topological polar surface area (TPSA) is 57.6 Å². The Bertz CT molecular complexity index is 510. The molecule has 7 heteroatoms. The maximum Gasteiger partial charge on any atom is 0.230 e. The molecule has 2 aliphatic heterocycles. The lowest BCUT2D eigenvalue weighted by Crippen LogP contribution is -2.48. The van der Waals surface area contributed by atoms with Crippen molar-refractivity contribution >= 4 is 11.9 Å². The van der Waals surface area contributed by atoms with Gasteiger partial charge in [-0.1, -0.05) is 13.8 Å². The van der Waals surface area contributed by atoms with Crippen molar-refractivity contribution in [3.63, 3.8) is 0 Å². The van der Waals surface area contributed by atoms with Gasteiger partial charge < -0.3 is 14.5 Å². The van der Waals surface area contributed by atoms with Gasteiger partial charge in [0.25, 0.3) is 0 Å². The zero-order chi connectivity index (χ0) is 17.1. The average molecular weight is 334 g/mol. The average Bonchev–Trinajstić information content (AvgIpc) is 3.08. The molecule has 3 heterocycles. The molecular formula is C17H30N6O. The number of piperazine rings is 1. The molecule has 7 nitrogen and oxygen atoms in total. The van der Waals surface area contributed by atoms with Crippen LogP contribution in [0.3, 0.4) is 0 Å². The number of aromatic nitrogens is 3. The van der Waals surface area contributed by atoms with Crippen molar-refractivity contribution in [3.8, 4) is 0 Å². The van der Waals surface area contributed by atoms with Gasteiger partial charge in [0, 0.05) is 59.3 Å². The molecule has 2 fully saturated rings. The predicted molar refractivity (Wildman–Crippen MR) is 95.8 cm³/mol. The van der Waals surface area contributed by atoms with Gasteiger partial charge >= 0.3 is 0 Å². The molecule has 24 heavy (non-hydrogen) atoms. The van der Waals surface area contributed by atoms with Crippen LogP contribution in [0.2, 0.25) is 0 Å². The summed E-state index contributed by atoms with van der Waals surface area (Å²) in [7, 11) is 3.95. The Morgan fingerprint density at radius 3 is 2.46 bits per heavy atom. The van der Waals surface area contributed by atoms with E-state index in [1.54, 1.807) is 0 Å². The van der Waals surface area contributed by atoms with Crippen LogP contribution in [0.4, 0.5) is 11.9 Å². The first-order valence-electron chi connectivity index (χ1n) is 9.01. The molecule has 2 saturated heterocycles. The van der Waals surface area contributed by atoms with Crippen LogP contribution in [0, 0.1) is 5.92 Å². The normalized spacial score (nSPS) is 22.4. The van der Waals surface area contributed by atoms with Crippen LogP contribution in [0.5, 0.6) is 0 Å². The summed E-state index contributed by atoms with van der Waals surface area (Å²) in [6.45, 7) is 11.3. The van der Waals surface area contributed by atoms with E-state index in [1.165, 1.54) is 6.42 Å². The molecule has 0 N–H and O–H groups in total. The van der Waals surface area contributed by atoms with E-state index < -0.39 is 0 Å². The van der Waals surface area contributed by atoms with Gasteiger partial charge in [0.15, 0.2) is 0 Å². The largest absolute Gasteiger partial charge is 0.381 e. The van der Waals surface area contributed by atoms with Crippen molar-refractivity contribution < 1.29 is 4.74 Å². The van der Waals surface area contributed by atoms with Crippen molar-refractivity contribution in [3.05, 3.63) is 5.82 Å². The van der Waals surface area contributed by atoms with Crippen LogP contribution in [-0.4, -0.2) is 79.9 Å². The van der Waals surface area contributed by atoms with E-state index in [4.69, 9.17) is 9.72 Å². The van der Waals surface area contributed by atoms with Crippen molar-refractivity contribution in [1.29, 1.82) is 0 Å². The third-order valence-electron chi connectivity index (χ3n) is 4.74. The van der Waals surface area contributed by atoms with Gasteiger partial charge in [-0.05, 0) is 12.3 Å². The van der Waals surface area contributed by atoms with Crippen LogP contribution in [0.25, 0.3) is 0 Å². The van der Waals surface area contributed by atoms with Gasteiger partial charge in [0.2, 0.25) is 11.9 Å². The standard InChI is InChI=1S/C17H30N6O/c1-13(2)15-18-16(21(3)4)20-17(19-15)23-8-6-22(7-9-23)11-14-5-10-24-12-14/h13-14H,5-12H2,1-4H3. The van der Waals surface area contributed by atoms with Gasteiger partial charge in [-0.15, -0.1) is 0 Å². The molecule has 1 aromatic heterocycles. The fraction of sp³-hybridized carbons (Fsp3) is 0.824. The summed E-state index contributed by atoms with van der Waals surface area (Å²) in [5.74, 6) is 3.44. The molecule has 0 radical (unpaired) electrons. The Labute approximate surface area is 145 Å². The number of ether oxygens (including phenoxy) is 1. The maximum atomic E-state index is 5.49. The molecule has 134 valence electrons. The van der Waals surface area contributed by atoms with Gasteiger partial charge in [-0.2, -0.15) is 15.0 Å². The van der Waals surface area contributed by atoms with E-state index >= 15 is 0 Å². The first-order valence-corrected chi connectivity index (χ1v) is 9.01. The summed E-state index contributed by atoms with van der Waals surface area (Å²) in [5.41, 5.74) is 0. The molecule has 0 amide bonds. The highest BCUT2D eigenvalue weighted by atomic mass is 16.5. The van der Waals surface area contributed by atoms with Crippen molar-refractivity contribution in [1.82, 2.24) is 19.9 Å². The summed E-state index contributed by atoms with van der Waals surface area (Å²) in [5, 5.41) is 0. The molecule has 0 aromatic carbocycles. The van der Waals surface area contributed by atoms with Crippen molar-refractivity contribution in [2.45, 2.75) is 26.2 Å². The van der Waals surface area contributed by atoms with Crippen LogP contribution in [0.1, 0.15) is 32.0 Å². The summed E-state index contributed by atoms with van der Waals surface area (Å²) in [4.78, 5) is 20.7. The summed E-state index contributed by atoms with van der Waals surface area (Å²) >= 11 is 0. The fourth-order valence-electron chi connectivity index (χ4n) is 3.19. The number of hydrogen-bond acceptors (Lipinski definition) is 7. The molecule has 0 spiro atoms. The smallest absolute Gasteiger partial charge is 0.230 e. The second kappa shape index (κ2) is 7.61. The van der Waals surface area contributed by atoms with Crippen LogP contribution in [-0.2, 0) is 4.74 Å². The maximum absolute atomic E-state index is 5.49. The number of hydrogen-bond donors (Lipinski definition) is 0. The Morgan fingerprint density at radius 1 is 1.12 bits per heavy atom. The SMILES string of the molecule is CC(C)c1nc(N(C)C)nc(N2CCN(CC3CCOC3)CC2)n1. The quantitative estimate of drug-likeness (QED) is 0.802. The molecular weight excluding hydrogens is 304 g/mol. The third-order valence-corrected chi connectivity index (χ3v) is 4.74. The highest BCUT2D eigenvalue weighted by Crippen LogP contribution is 2.20. The summed E-state index contributed by atoms with van der Waals surface area (Å²) in [6.07, 6.45) is 1.21. The number of anilines is 2. The third kappa shape index (κ3) is 4.13. The monoisotopic (exact) mass is 334 g/mol. The van der Waals surface area contributed by atoms with E-state index in [1.807, 2.05) is 19.0 Å². The fourth-order valence-corrected chi connectivity index (χ4v) is 3.19. The molecule has 1 aromatic rings. The molecule has 1 atom stereocenters. The van der Waals surface area contributed by atoms with Gasteiger partial charge in [-0.25, -0.2) is 0 Å². The van der Waals surface area contributed by atoms with Crippen molar-refractivity contribution in [2.24, 2.45) is 5.92 Å². The molecule has 3 rings (SSSR count). The second-order valence-corrected chi connectivity index (χ2v) is 7.36. The zero-order valence-corrected chi connectivity index (χ0v) is 15.4. The lowest BCUT2D eigenvalue weighted by Gasteiger charge is -2.36. The highest BCUT2D eigenvalue weighted by Gasteiger charge is 2.24. The molecule has 0 saturated carbocycles. The summed E-state index contributed by atoms with van der Waals surface area (Å²) in [6, 6.07) is 0. The van der Waals surface area contributed by atoms with E-state index in [-0.39, 0.29) is 0 Å². The number of nitrogens with zero attached hydrogens (tertiary/aromatic N) is 6. The summed E-state index contributed by atoms with van der Waals surface area (Å²) < 4.78 is 5.49. The minimum absolute atomic E-state index is 0.300. The van der Waals surface area contributed by atoms with Crippen LogP contribution in [0.15, 0.2) is 0 Å². The van der Waals surface area contributed by atoms with E-state index in [9.17, 15) is 0 Å². The van der Waals surface area contributed by atoms with Crippen LogP contribution < -0.4 is 9.80 Å². The first-order chi connectivity index (χ1) is 11.5. The second-order valence-electron chi connectivity index (χ2n) is 7.36. The molecule has 1 unspecified atom stereocenters. The minimum Gasteiger partial charge on any atom is -0.381 e. The van der Waals surface area contributed by atoms with Gasteiger partial charge in [0.1, 0.15) is 5.82 Å². The minimum atomic E-state index is 0.300. The van der Waals surface area contributed by atoms with Crippen molar-refractivity contribution in [2.75, 3.05) is 69.8 Å². The van der Waals surface area contributed by atoms with Gasteiger partial charge in [-0.3, -0.25) is 4.90 Å². The predicted octanol–water partition coefficient (Wildman–Crippen LogP) is 1.22. The Hall–Kier alpha value is -1.47. The van der Waals surface area contributed by atoms with E-state index in [2.05, 4.69) is 33.6 Å². The van der Waals surface area contributed by atoms with Crippen LogP contribution >= 0.6 is 0 Å². The zero-order valence-electron chi connectivity index (χ0n) is 15.4. The lowest BCUT2D eigenvalue weighted by atomic mass is 10.1. The Kier molecular flexibility index (Phi) is 5.50. The number of rotatable bonds is 5. The van der Waals surface area contributed by atoms with E-state index in [0.29, 0.717) is 11.8 Å². The molecule has 0 bridgehead atoms.